The molecule has 0 radical (unpaired) electrons. The van der Waals surface area contributed by atoms with Crippen molar-refractivity contribution in [1.29, 1.82) is 0 Å². The number of hydrogen-bond donors (Lipinski definition) is 0. The molecule has 80 valence electrons. The van der Waals surface area contributed by atoms with Gasteiger partial charge in [0.25, 0.3) is 0 Å². The lowest BCUT2D eigenvalue weighted by Gasteiger charge is -1.99. The molecule has 0 saturated heterocycles. The van der Waals surface area contributed by atoms with Crippen LogP contribution in [0.3, 0.4) is 0 Å². The van der Waals surface area contributed by atoms with E-state index in [1.165, 1.54) is 15.8 Å². The van der Waals surface area contributed by atoms with Gasteiger partial charge < -0.3 is 0 Å². The molecule has 0 unspecified atom stereocenters. The zero-order chi connectivity index (χ0) is 13.8. The number of hydrogen-bond acceptors (Lipinski definition) is 2. The Bertz CT molecular complexity index is 787. The van der Waals surface area contributed by atoms with E-state index >= 15 is 0 Å². The summed E-state index contributed by atoms with van der Waals surface area (Å²) in [5.41, 5.74) is 2.66. The number of pyridine rings is 1. The molecule has 0 fully saturated rings. The van der Waals surface area contributed by atoms with Gasteiger partial charge in [-0.3, -0.25) is 0 Å². The average molecular weight is 230 g/mol. The van der Waals surface area contributed by atoms with Crippen LogP contribution in [0.25, 0.3) is 20.3 Å². The van der Waals surface area contributed by atoms with Crippen molar-refractivity contribution in [3.05, 3.63) is 41.1 Å². The largest absolute Gasteiger partial charge is 0.242 e. The highest BCUT2D eigenvalue weighted by Gasteiger charge is 2.08. The first kappa shape index (κ1) is 7.02. The summed E-state index contributed by atoms with van der Waals surface area (Å²) < 4.78 is 23.5. The third kappa shape index (κ3) is 1.26. The first-order chi connectivity index (χ1) is 8.88. The van der Waals surface area contributed by atoms with Crippen LogP contribution in [0.15, 0.2) is 24.3 Å². The van der Waals surface area contributed by atoms with Gasteiger partial charge in [-0.05, 0) is 44.0 Å². The van der Waals surface area contributed by atoms with Crippen LogP contribution < -0.4 is 0 Å². The van der Waals surface area contributed by atoms with Crippen LogP contribution in [0.2, 0.25) is 0 Å². The number of fused-ring (bicyclic) bond motifs is 3. The molecule has 0 aliphatic heterocycles. The normalized spacial score (nSPS) is 15.0. The van der Waals surface area contributed by atoms with Crippen LogP contribution in [-0.4, -0.2) is 4.98 Å². The van der Waals surface area contributed by atoms with E-state index in [9.17, 15) is 0 Å². The van der Waals surface area contributed by atoms with E-state index in [0.717, 1.165) is 15.6 Å². The predicted octanol–water partition coefficient (Wildman–Crippen LogP) is 4.37. The molecule has 16 heavy (non-hydrogen) atoms. The van der Waals surface area contributed by atoms with Gasteiger partial charge in [-0.15, -0.1) is 11.3 Å². The van der Waals surface area contributed by atoms with Crippen molar-refractivity contribution in [3.8, 4) is 0 Å². The first-order valence-corrected chi connectivity index (χ1v) is 5.99. The van der Waals surface area contributed by atoms with E-state index in [0.29, 0.717) is 0 Å². The van der Waals surface area contributed by atoms with E-state index in [1.807, 2.05) is 6.07 Å². The topological polar surface area (TPSA) is 12.9 Å². The molecule has 0 bridgehead atoms. The quantitative estimate of drug-likeness (QED) is 0.558. The Labute approximate surface area is 103 Å². The Morgan fingerprint density at radius 2 is 1.94 bits per heavy atom. The Morgan fingerprint density at radius 3 is 2.75 bits per heavy atom. The highest BCUT2D eigenvalue weighted by atomic mass is 32.1. The first-order valence-electron chi connectivity index (χ1n) is 6.68. The third-order valence-corrected chi connectivity index (χ3v) is 4.26. The minimum atomic E-state index is -2.14. The molecule has 0 amide bonds. The molecule has 2 heterocycles. The van der Waals surface area contributed by atoms with Crippen LogP contribution in [0.1, 0.15) is 20.9 Å². The molecular formula is C14H13NS. The van der Waals surface area contributed by atoms with Gasteiger partial charge in [-0.1, -0.05) is 12.1 Å². The van der Waals surface area contributed by atoms with Gasteiger partial charge in [0.1, 0.15) is 4.83 Å². The molecule has 0 N–H and O–H groups in total. The average Bonchev–Trinajstić information content (AvgIpc) is 2.71. The Balaban J connectivity index is 2.37. The summed E-state index contributed by atoms with van der Waals surface area (Å²) in [6.45, 7) is 2.04. The summed E-state index contributed by atoms with van der Waals surface area (Å²) in [6, 6.07) is 7.67. The lowest BCUT2D eigenvalue weighted by atomic mass is 10.1. The van der Waals surface area contributed by atoms with Crippen LogP contribution in [-0.2, 0) is 0 Å². The van der Waals surface area contributed by atoms with Crippen LogP contribution in [0.5, 0.6) is 0 Å². The minimum Gasteiger partial charge on any atom is -0.242 e. The molecule has 1 aromatic carbocycles. The number of nitrogens with zero attached hydrogens (tertiary/aromatic N) is 1. The van der Waals surface area contributed by atoms with E-state index < -0.39 is 6.85 Å². The van der Waals surface area contributed by atoms with Crippen molar-refractivity contribution in [2.24, 2.45) is 0 Å². The van der Waals surface area contributed by atoms with Crippen LogP contribution in [0.4, 0.5) is 0 Å². The summed E-state index contributed by atoms with van der Waals surface area (Å²) >= 11 is 1.57. The van der Waals surface area contributed by atoms with Gasteiger partial charge in [-0.2, -0.15) is 0 Å². The lowest BCUT2D eigenvalue weighted by Crippen LogP contribution is -1.79. The summed E-state index contributed by atoms with van der Waals surface area (Å²) in [5.74, 6) is 0. The number of thiophene rings is 1. The minimum absolute atomic E-state index is 0.168. The molecule has 0 spiro atoms. The molecule has 3 aromatic rings. The van der Waals surface area contributed by atoms with Gasteiger partial charge in [0, 0.05) is 25.3 Å². The van der Waals surface area contributed by atoms with Gasteiger partial charge >= 0.3 is 0 Å². The van der Waals surface area contributed by atoms with Crippen molar-refractivity contribution in [3.63, 3.8) is 0 Å². The van der Waals surface area contributed by atoms with Crippen molar-refractivity contribution in [2.75, 3.05) is 0 Å². The zero-order valence-electron chi connectivity index (χ0n) is 12.2. The molecule has 2 aromatic heterocycles. The van der Waals surface area contributed by atoms with E-state index in [-0.39, 0.29) is 5.69 Å². The highest BCUT2D eigenvalue weighted by Crippen LogP contribution is 2.35. The summed E-state index contributed by atoms with van der Waals surface area (Å²) in [6.07, 6.45) is 0. The maximum Gasteiger partial charge on any atom is 0.124 e. The second-order valence-electron chi connectivity index (χ2n) is 4.04. The standard InChI is InChI=1S/C14H13NS/c1-8-4-6-11-12-7-5-9(2)15-14(12)16-13(11)10(8)3/h4-7H,1-3H3/i2D3. The number of rotatable bonds is 0. The van der Waals surface area contributed by atoms with Gasteiger partial charge in [0.2, 0.25) is 0 Å². The van der Waals surface area contributed by atoms with Gasteiger partial charge in [0.15, 0.2) is 0 Å². The number of aromatic nitrogens is 1. The van der Waals surface area contributed by atoms with Gasteiger partial charge in [-0.25, -0.2) is 4.98 Å². The molecule has 3 rings (SSSR count). The van der Waals surface area contributed by atoms with E-state index in [2.05, 4.69) is 31.0 Å². The third-order valence-electron chi connectivity index (χ3n) is 3.03. The molecular weight excluding hydrogens is 214 g/mol. The lowest BCUT2D eigenvalue weighted by molar-refractivity contribution is 1.27. The zero-order valence-corrected chi connectivity index (χ0v) is 9.98. The van der Waals surface area contributed by atoms with Crippen molar-refractivity contribution in [1.82, 2.24) is 4.98 Å². The highest BCUT2D eigenvalue weighted by molar-refractivity contribution is 7.25. The smallest absolute Gasteiger partial charge is 0.124 e. The van der Waals surface area contributed by atoms with Crippen molar-refractivity contribution in [2.45, 2.75) is 20.7 Å². The maximum atomic E-state index is 7.43. The maximum absolute atomic E-state index is 7.43. The molecule has 2 heteroatoms. The van der Waals surface area contributed by atoms with Crippen LogP contribution >= 0.6 is 11.3 Å². The van der Waals surface area contributed by atoms with Gasteiger partial charge in [0.05, 0.1) is 0 Å². The van der Waals surface area contributed by atoms with Crippen molar-refractivity contribution < 1.29 is 4.11 Å². The van der Waals surface area contributed by atoms with E-state index in [4.69, 9.17) is 4.11 Å². The molecule has 0 aliphatic rings. The number of benzene rings is 1. The molecule has 0 atom stereocenters. The monoisotopic (exact) mass is 230 g/mol. The SMILES string of the molecule is [2H]C([2H])([2H])c1ccc2c(n1)sc1c(C)c(C)ccc12. The fourth-order valence-electron chi connectivity index (χ4n) is 1.95. The fraction of sp³-hybridized carbons (Fsp3) is 0.214. The second kappa shape index (κ2) is 3.29. The van der Waals surface area contributed by atoms with Crippen LogP contribution in [0, 0.1) is 20.7 Å². The summed E-state index contributed by atoms with van der Waals surface area (Å²) in [7, 11) is 0. The Morgan fingerprint density at radius 1 is 1.12 bits per heavy atom. The second-order valence-corrected chi connectivity index (χ2v) is 5.03. The number of aryl methyl sites for hydroxylation is 3. The molecule has 0 saturated carbocycles. The summed E-state index contributed by atoms with van der Waals surface area (Å²) in [5, 5.41) is 2.20. The summed E-state index contributed by atoms with van der Waals surface area (Å²) in [4.78, 5) is 5.11. The fourth-order valence-corrected chi connectivity index (χ4v) is 3.18. The Kier molecular flexibility index (Phi) is 1.44. The molecule has 0 aliphatic carbocycles. The van der Waals surface area contributed by atoms with E-state index in [1.54, 1.807) is 17.4 Å². The predicted molar refractivity (Wildman–Crippen MR) is 71.3 cm³/mol. The Hall–Kier alpha value is -1.41. The molecule has 1 nitrogen and oxygen atoms in total. The van der Waals surface area contributed by atoms with Crippen molar-refractivity contribution >= 4 is 31.6 Å².